The monoisotopic (exact) mass is 292 g/mol. The van der Waals surface area contributed by atoms with E-state index in [2.05, 4.69) is 19.2 Å². The number of carbonyl (C=O) groups is 1. The molecule has 0 aromatic heterocycles. The zero-order valence-electron chi connectivity index (χ0n) is 13.6. The van der Waals surface area contributed by atoms with Crippen molar-refractivity contribution in [3.8, 4) is 0 Å². The van der Waals surface area contributed by atoms with E-state index >= 15 is 0 Å². The van der Waals surface area contributed by atoms with Crippen molar-refractivity contribution in [1.29, 1.82) is 0 Å². The highest BCUT2D eigenvalue weighted by molar-refractivity contribution is 5.68. The number of nitrogens with one attached hydrogen (secondary N) is 1. The predicted molar refractivity (Wildman–Crippen MR) is 86.2 cm³/mol. The topological polar surface area (TPSA) is 41.6 Å². The summed E-state index contributed by atoms with van der Waals surface area (Å²) >= 11 is 0. The summed E-state index contributed by atoms with van der Waals surface area (Å²) in [5.74, 6) is 0.428. The molecule has 1 saturated heterocycles. The maximum absolute atomic E-state index is 12.2. The average Bonchev–Trinajstić information content (AvgIpc) is 2.55. The Kier molecular flexibility index (Phi) is 7.83. The van der Waals surface area contributed by atoms with Gasteiger partial charge in [0.15, 0.2) is 0 Å². The molecule has 1 heterocycles. The molecule has 1 unspecified atom stereocenters. The molecule has 1 aliphatic heterocycles. The van der Waals surface area contributed by atoms with Gasteiger partial charge in [-0.3, -0.25) is 0 Å². The van der Waals surface area contributed by atoms with Crippen LogP contribution in [0.4, 0.5) is 4.79 Å². The Bertz CT molecular complexity index is 407. The van der Waals surface area contributed by atoms with Gasteiger partial charge in [0.2, 0.25) is 0 Å². The molecule has 1 atom stereocenters. The highest BCUT2D eigenvalue weighted by atomic mass is 16.6. The molecule has 1 N–H and O–H groups in total. The standard InChI is InChI=1S/C15H22N2O2.C2H6/c1-12(2)14-10-16-8-9-17(14)15(18)19-11-13-6-4-3-5-7-13;1-2/h3-7,12,14,16H,8-11H2,1-2H3;1-2H3. The number of rotatable bonds is 3. The quantitative estimate of drug-likeness (QED) is 0.929. The van der Waals surface area contributed by atoms with E-state index in [0.29, 0.717) is 12.5 Å². The van der Waals surface area contributed by atoms with E-state index in [1.807, 2.05) is 49.1 Å². The van der Waals surface area contributed by atoms with Crippen LogP contribution in [0.15, 0.2) is 30.3 Å². The minimum Gasteiger partial charge on any atom is -0.445 e. The summed E-state index contributed by atoms with van der Waals surface area (Å²) in [4.78, 5) is 14.0. The number of hydrogen-bond donors (Lipinski definition) is 1. The Morgan fingerprint density at radius 2 is 2.00 bits per heavy atom. The number of piperazine rings is 1. The van der Waals surface area contributed by atoms with Gasteiger partial charge in [0.05, 0.1) is 0 Å². The molecule has 0 bridgehead atoms. The number of amides is 1. The molecule has 4 nitrogen and oxygen atoms in total. The zero-order valence-corrected chi connectivity index (χ0v) is 13.6. The summed E-state index contributed by atoms with van der Waals surface area (Å²) in [6, 6.07) is 10.00. The van der Waals surface area contributed by atoms with Crippen molar-refractivity contribution in [2.45, 2.75) is 40.3 Å². The molecule has 0 aliphatic carbocycles. The number of benzene rings is 1. The lowest BCUT2D eigenvalue weighted by molar-refractivity contribution is 0.0612. The summed E-state index contributed by atoms with van der Waals surface area (Å²) in [6.07, 6.45) is -0.205. The van der Waals surface area contributed by atoms with Crippen LogP contribution in [0.2, 0.25) is 0 Å². The molecule has 118 valence electrons. The lowest BCUT2D eigenvalue weighted by atomic mass is 10.0. The fourth-order valence-electron chi connectivity index (χ4n) is 2.35. The van der Waals surface area contributed by atoms with Gasteiger partial charge in [-0.25, -0.2) is 4.79 Å². The molecule has 21 heavy (non-hydrogen) atoms. The summed E-state index contributed by atoms with van der Waals surface area (Å²) in [7, 11) is 0. The van der Waals surface area contributed by atoms with E-state index in [4.69, 9.17) is 4.74 Å². The number of ether oxygens (including phenoxy) is 1. The molecule has 0 saturated carbocycles. The molecular weight excluding hydrogens is 264 g/mol. The zero-order chi connectivity index (χ0) is 15.7. The van der Waals surface area contributed by atoms with Crippen LogP contribution in [-0.4, -0.2) is 36.7 Å². The molecule has 1 aliphatic rings. The SMILES string of the molecule is CC.CC(C)C1CNCCN1C(=O)OCc1ccccc1. The minimum atomic E-state index is -0.205. The molecule has 1 fully saturated rings. The minimum absolute atomic E-state index is 0.205. The number of carbonyl (C=O) groups excluding carboxylic acids is 1. The van der Waals surface area contributed by atoms with Gasteiger partial charge in [-0.2, -0.15) is 0 Å². The third-order valence-electron chi connectivity index (χ3n) is 3.49. The van der Waals surface area contributed by atoms with Crippen LogP contribution in [0, 0.1) is 5.92 Å². The molecule has 2 rings (SSSR count). The fourth-order valence-corrected chi connectivity index (χ4v) is 2.35. The van der Waals surface area contributed by atoms with Crippen LogP contribution in [0.25, 0.3) is 0 Å². The smallest absolute Gasteiger partial charge is 0.410 e. The van der Waals surface area contributed by atoms with Gasteiger partial charge in [0, 0.05) is 25.7 Å². The van der Waals surface area contributed by atoms with Gasteiger partial charge in [0.25, 0.3) is 0 Å². The lowest BCUT2D eigenvalue weighted by Gasteiger charge is -2.37. The maximum Gasteiger partial charge on any atom is 0.410 e. The predicted octanol–water partition coefficient (Wildman–Crippen LogP) is 3.28. The van der Waals surface area contributed by atoms with Gasteiger partial charge >= 0.3 is 6.09 Å². The normalized spacial score (nSPS) is 18.0. The van der Waals surface area contributed by atoms with Crippen molar-refractivity contribution in [3.05, 3.63) is 35.9 Å². The van der Waals surface area contributed by atoms with E-state index in [9.17, 15) is 4.79 Å². The van der Waals surface area contributed by atoms with Crippen LogP contribution in [0.5, 0.6) is 0 Å². The van der Waals surface area contributed by atoms with Crippen LogP contribution >= 0.6 is 0 Å². The van der Waals surface area contributed by atoms with Crippen molar-refractivity contribution in [3.63, 3.8) is 0 Å². The van der Waals surface area contributed by atoms with Gasteiger partial charge in [-0.05, 0) is 11.5 Å². The van der Waals surface area contributed by atoms with Gasteiger partial charge in [-0.15, -0.1) is 0 Å². The second kappa shape index (κ2) is 9.40. The van der Waals surface area contributed by atoms with Gasteiger partial charge in [0.1, 0.15) is 6.61 Å². The second-order valence-corrected chi connectivity index (χ2v) is 5.25. The molecule has 0 spiro atoms. The van der Waals surface area contributed by atoms with Crippen molar-refractivity contribution < 1.29 is 9.53 Å². The first-order chi connectivity index (χ1) is 10.2. The third-order valence-corrected chi connectivity index (χ3v) is 3.49. The van der Waals surface area contributed by atoms with Crippen LogP contribution in [-0.2, 0) is 11.3 Å². The Morgan fingerprint density at radius 1 is 1.33 bits per heavy atom. The number of nitrogens with zero attached hydrogens (tertiary/aromatic N) is 1. The Labute approximate surface area is 128 Å². The summed E-state index contributed by atoms with van der Waals surface area (Å²) in [5.41, 5.74) is 1.02. The first-order valence-corrected chi connectivity index (χ1v) is 7.86. The van der Waals surface area contributed by atoms with E-state index < -0.39 is 0 Å². The summed E-state index contributed by atoms with van der Waals surface area (Å²) in [6.45, 7) is 11.0. The Hall–Kier alpha value is -1.55. The van der Waals surface area contributed by atoms with Crippen molar-refractivity contribution >= 4 is 6.09 Å². The van der Waals surface area contributed by atoms with Crippen molar-refractivity contribution in [2.75, 3.05) is 19.6 Å². The first kappa shape index (κ1) is 17.5. The fraction of sp³-hybridized carbons (Fsp3) is 0.588. The van der Waals surface area contributed by atoms with Crippen molar-refractivity contribution in [1.82, 2.24) is 10.2 Å². The molecule has 1 aromatic rings. The first-order valence-electron chi connectivity index (χ1n) is 7.86. The largest absolute Gasteiger partial charge is 0.445 e. The summed E-state index contributed by atoms with van der Waals surface area (Å²) < 4.78 is 5.41. The molecule has 0 radical (unpaired) electrons. The van der Waals surface area contributed by atoms with E-state index in [1.54, 1.807) is 0 Å². The molecular formula is C17H28N2O2. The maximum atomic E-state index is 12.2. The average molecular weight is 292 g/mol. The van der Waals surface area contributed by atoms with Crippen LogP contribution < -0.4 is 5.32 Å². The molecule has 1 amide bonds. The lowest BCUT2D eigenvalue weighted by Crippen LogP contribution is -2.55. The van der Waals surface area contributed by atoms with Crippen LogP contribution in [0.1, 0.15) is 33.3 Å². The molecule has 4 heteroatoms. The Balaban J connectivity index is 0.00000106. The van der Waals surface area contributed by atoms with Crippen molar-refractivity contribution in [2.24, 2.45) is 5.92 Å². The second-order valence-electron chi connectivity index (χ2n) is 5.25. The Morgan fingerprint density at radius 3 is 2.62 bits per heavy atom. The van der Waals surface area contributed by atoms with E-state index in [1.165, 1.54) is 0 Å². The highest BCUT2D eigenvalue weighted by Gasteiger charge is 2.29. The van der Waals surface area contributed by atoms with Crippen LogP contribution in [0.3, 0.4) is 0 Å². The molecule has 1 aromatic carbocycles. The summed E-state index contributed by atoms with van der Waals surface area (Å²) in [5, 5.41) is 3.33. The highest BCUT2D eigenvalue weighted by Crippen LogP contribution is 2.14. The number of hydrogen-bond acceptors (Lipinski definition) is 3. The van der Waals surface area contributed by atoms with Gasteiger partial charge < -0.3 is 15.0 Å². The van der Waals surface area contributed by atoms with E-state index in [-0.39, 0.29) is 12.1 Å². The van der Waals surface area contributed by atoms with E-state index in [0.717, 1.165) is 25.2 Å². The van der Waals surface area contributed by atoms with Gasteiger partial charge in [-0.1, -0.05) is 58.0 Å². The third kappa shape index (κ3) is 5.38.